The molecule has 1 N–H and O–H groups in total. The fourth-order valence-electron chi connectivity index (χ4n) is 2.69. The number of ether oxygens (including phenoxy) is 1. The second-order valence-corrected chi connectivity index (χ2v) is 4.65. The van der Waals surface area contributed by atoms with Crippen LogP contribution in [0.25, 0.3) is 0 Å². The molecule has 2 heterocycles. The number of likely N-dealkylation sites (tertiary alicyclic amines) is 1. The molecule has 18 heavy (non-hydrogen) atoms. The summed E-state index contributed by atoms with van der Waals surface area (Å²) in [7, 11) is 0. The lowest BCUT2D eigenvalue weighted by atomic mass is 9.66. The molecule has 2 saturated heterocycles. The van der Waals surface area contributed by atoms with Gasteiger partial charge in [-0.25, -0.2) is 4.79 Å². The van der Waals surface area contributed by atoms with Crippen LogP contribution in [-0.2, 0) is 14.3 Å². The van der Waals surface area contributed by atoms with Crippen molar-refractivity contribution in [3.63, 3.8) is 0 Å². The minimum atomic E-state index is -5.03. The molecule has 2 rings (SSSR count). The van der Waals surface area contributed by atoms with Crippen LogP contribution in [0, 0.1) is 5.41 Å². The molecule has 0 aromatic carbocycles. The molecule has 0 bridgehead atoms. The molecule has 0 aliphatic carbocycles. The van der Waals surface area contributed by atoms with E-state index in [1.165, 1.54) is 0 Å². The average Bonchev–Trinajstić information content (AvgIpc) is 2.24. The van der Waals surface area contributed by atoms with Crippen molar-refractivity contribution in [2.75, 3.05) is 19.8 Å². The maximum absolute atomic E-state index is 12.3. The Balaban J connectivity index is 2.17. The van der Waals surface area contributed by atoms with Crippen molar-refractivity contribution in [3.8, 4) is 0 Å². The van der Waals surface area contributed by atoms with E-state index in [0.717, 1.165) is 0 Å². The number of carboxylic acid groups (broad SMARTS) is 1. The third-order valence-electron chi connectivity index (χ3n) is 3.60. The lowest BCUT2D eigenvalue weighted by Crippen LogP contribution is -2.72. The number of carboxylic acids is 1. The minimum absolute atomic E-state index is 0.161. The highest BCUT2D eigenvalue weighted by molar-refractivity contribution is 5.89. The molecule has 1 amide bonds. The van der Waals surface area contributed by atoms with Gasteiger partial charge in [-0.3, -0.25) is 4.79 Å². The van der Waals surface area contributed by atoms with Gasteiger partial charge in [-0.15, -0.1) is 0 Å². The van der Waals surface area contributed by atoms with Gasteiger partial charge in [0.15, 0.2) is 0 Å². The zero-order chi connectivity index (χ0) is 13.6. The summed E-state index contributed by atoms with van der Waals surface area (Å²) in [5, 5.41) is 9.03. The molecule has 2 aliphatic heterocycles. The van der Waals surface area contributed by atoms with Crippen LogP contribution in [0.5, 0.6) is 0 Å². The summed E-state index contributed by atoms with van der Waals surface area (Å²) in [4.78, 5) is 22.6. The van der Waals surface area contributed by atoms with Crippen molar-refractivity contribution in [2.45, 2.75) is 25.1 Å². The highest BCUT2D eigenvalue weighted by Gasteiger charge is 2.62. The summed E-state index contributed by atoms with van der Waals surface area (Å²) in [6.45, 7) is 0.474. The number of alkyl halides is 3. The predicted octanol–water partition coefficient (Wildman–Crippen LogP) is 0.641. The van der Waals surface area contributed by atoms with Crippen molar-refractivity contribution in [1.29, 1.82) is 0 Å². The van der Waals surface area contributed by atoms with Gasteiger partial charge in [0.1, 0.15) is 6.04 Å². The van der Waals surface area contributed by atoms with E-state index in [0.29, 0.717) is 31.0 Å². The van der Waals surface area contributed by atoms with Crippen molar-refractivity contribution < 1.29 is 32.6 Å². The van der Waals surface area contributed by atoms with Crippen LogP contribution in [0.3, 0.4) is 0 Å². The summed E-state index contributed by atoms with van der Waals surface area (Å²) in [5.74, 6) is -3.47. The third-order valence-corrected chi connectivity index (χ3v) is 3.60. The molecule has 0 aromatic rings. The van der Waals surface area contributed by atoms with E-state index in [1.54, 1.807) is 0 Å². The standard InChI is InChI=1S/C10H12F3NO4/c11-10(12,13)8(17)14-5-9(6(14)7(15)16)1-3-18-4-2-9/h6H,1-5H2,(H,15,16). The van der Waals surface area contributed by atoms with Gasteiger partial charge < -0.3 is 14.7 Å². The predicted molar refractivity (Wildman–Crippen MR) is 51.7 cm³/mol. The quantitative estimate of drug-likeness (QED) is 0.757. The number of hydrogen-bond donors (Lipinski definition) is 1. The van der Waals surface area contributed by atoms with Crippen LogP contribution < -0.4 is 0 Å². The van der Waals surface area contributed by atoms with Gasteiger partial charge in [0.25, 0.3) is 0 Å². The van der Waals surface area contributed by atoms with E-state index >= 15 is 0 Å². The van der Waals surface area contributed by atoms with Crippen molar-refractivity contribution in [1.82, 2.24) is 4.90 Å². The molecule has 102 valence electrons. The van der Waals surface area contributed by atoms with Gasteiger partial charge in [-0.2, -0.15) is 13.2 Å². The van der Waals surface area contributed by atoms with Crippen LogP contribution in [0.4, 0.5) is 13.2 Å². The smallest absolute Gasteiger partial charge is 0.471 e. The molecular weight excluding hydrogens is 255 g/mol. The summed E-state index contributed by atoms with van der Waals surface area (Å²) < 4.78 is 42.0. The number of nitrogens with zero attached hydrogens (tertiary/aromatic N) is 1. The second-order valence-electron chi connectivity index (χ2n) is 4.65. The Labute approximate surface area is 100 Å². The average molecular weight is 267 g/mol. The lowest BCUT2D eigenvalue weighted by molar-refractivity contribution is -0.216. The highest BCUT2D eigenvalue weighted by atomic mass is 19.4. The number of amides is 1. The first kappa shape index (κ1) is 13.1. The zero-order valence-electron chi connectivity index (χ0n) is 9.37. The van der Waals surface area contributed by atoms with E-state index in [2.05, 4.69) is 0 Å². The molecule has 1 spiro atoms. The molecular formula is C10H12F3NO4. The van der Waals surface area contributed by atoms with E-state index in [-0.39, 0.29) is 6.54 Å². The van der Waals surface area contributed by atoms with Crippen LogP contribution in [0.2, 0.25) is 0 Å². The first-order chi connectivity index (χ1) is 8.28. The van der Waals surface area contributed by atoms with Crippen molar-refractivity contribution >= 4 is 11.9 Å². The molecule has 1 atom stereocenters. The fourth-order valence-corrected chi connectivity index (χ4v) is 2.69. The van der Waals surface area contributed by atoms with Gasteiger partial charge in [0.05, 0.1) is 0 Å². The maximum Gasteiger partial charge on any atom is 0.471 e. The number of carbonyl (C=O) groups is 2. The SMILES string of the molecule is O=C(O)C1N(C(=O)C(F)(F)F)CC12CCOCC2. The van der Waals surface area contributed by atoms with Gasteiger partial charge in [0.2, 0.25) is 0 Å². The molecule has 5 nitrogen and oxygen atoms in total. The van der Waals surface area contributed by atoms with Gasteiger partial charge in [-0.05, 0) is 12.8 Å². The number of halogens is 3. The fraction of sp³-hybridized carbons (Fsp3) is 0.800. The minimum Gasteiger partial charge on any atom is -0.480 e. The summed E-state index contributed by atoms with van der Waals surface area (Å²) in [6.07, 6.45) is -4.29. The number of carbonyl (C=O) groups excluding carboxylic acids is 1. The summed E-state index contributed by atoms with van der Waals surface area (Å²) >= 11 is 0. The number of hydrogen-bond acceptors (Lipinski definition) is 3. The van der Waals surface area contributed by atoms with Crippen LogP contribution in [-0.4, -0.2) is 53.9 Å². The van der Waals surface area contributed by atoms with Crippen LogP contribution >= 0.6 is 0 Å². The molecule has 8 heteroatoms. The highest BCUT2D eigenvalue weighted by Crippen LogP contribution is 2.47. The summed E-state index contributed by atoms with van der Waals surface area (Å²) in [6, 6.07) is -1.39. The largest absolute Gasteiger partial charge is 0.480 e. The van der Waals surface area contributed by atoms with Crippen LogP contribution in [0.15, 0.2) is 0 Å². The van der Waals surface area contributed by atoms with Crippen molar-refractivity contribution in [3.05, 3.63) is 0 Å². The molecule has 0 radical (unpaired) electrons. The zero-order valence-corrected chi connectivity index (χ0v) is 9.37. The molecule has 2 aliphatic rings. The lowest BCUT2D eigenvalue weighted by Gasteiger charge is -2.56. The Morgan fingerprint density at radius 3 is 2.28 bits per heavy atom. The number of rotatable bonds is 1. The molecule has 0 aromatic heterocycles. The Bertz CT molecular complexity index is 376. The Morgan fingerprint density at radius 2 is 1.83 bits per heavy atom. The Kier molecular flexibility index (Phi) is 3.00. The van der Waals surface area contributed by atoms with Crippen LogP contribution in [0.1, 0.15) is 12.8 Å². The Morgan fingerprint density at radius 1 is 1.28 bits per heavy atom. The summed E-state index contributed by atoms with van der Waals surface area (Å²) in [5.41, 5.74) is -0.759. The van der Waals surface area contributed by atoms with E-state index in [4.69, 9.17) is 9.84 Å². The van der Waals surface area contributed by atoms with Gasteiger partial charge in [-0.1, -0.05) is 0 Å². The molecule has 1 unspecified atom stereocenters. The van der Waals surface area contributed by atoms with Gasteiger partial charge in [0, 0.05) is 25.2 Å². The van der Waals surface area contributed by atoms with Crippen molar-refractivity contribution in [2.24, 2.45) is 5.41 Å². The maximum atomic E-state index is 12.3. The second kappa shape index (κ2) is 4.11. The topological polar surface area (TPSA) is 66.8 Å². The first-order valence-electron chi connectivity index (χ1n) is 5.46. The first-order valence-corrected chi connectivity index (χ1v) is 5.46. The number of aliphatic carboxylic acids is 1. The monoisotopic (exact) mass is 267 g/mol. The molecule has 2 fully saturated rings. The Hall–Kier alpha value is -1.31. The third kappa shape index (κ3) is 1.94. The molecule has 0 saturated carbocycles. The van der Waals surface area contributed by atoms with Gasteiger partial charge >= 0.3 is 18.1 Å². The van der Waals surface area contributed by atoms with E-state index in [1.807, 2.05) is 0 Å². The van der Waals surface area contributed by atoms with E-state index < -0.39 is 29.5 Å². The normalized spacial score (nSPS) is 26.8. The van der Waals surface area contributed by atoms with E-state index in [9.17, 15) is 22.8 Å².